The second kappa shape index (κ2) is 5.44. The fourth-order valence-electron chi connectivity index (χ4n) is 1.77. The van der Waals surface area contributed by atoms with E-state index in [0.29, 0.717) is 5.56 Å². The van der Waals surface area contributed by atoms with Crippen LogP contribution in [0.2, 0.25) is 0 Å². The fraction of sp³-hybridized carbons (Fsp3) is 0.167. The Labute approximate surface area is 122 Å². The van der Waals surface area contributed by atoms with Crippen molar-refractivity contribution in [2.45, 2.75) is 4.90 Å². The first kappa shape index (κ1) is 14.9. The number of amides is 1. The highest BCUT2D eigenvalue weighted by Gasteiger charge is 2.21. The van der Waals surface area contributed by atoms with Crippen LogP contribution in [0, 0.1) is 0 Å². The largest absolute Gasteiger partial charge is 0.381 e. The predicted octanol–water partition coefficient (Wildman–Crippen LogP) is 0.163. The second-order valence-corrected chi connectivity index (χ2v) is 5.97. The predicted molar refractivity (Wildman–Crippen MR) is 78.3 cm³/mol. The van der Waals surface area contributed by atoms with Gasteiger partial charge in [-0.3, -0.25) is 14.2 Å². The average molecular weight is 309 g/mol. The molecule has 112 valence electrons. The number of aryl methyl sites for hydroxylation is 1. The summed E-state index contributed by atoms with van der Waals surface area (Å²) in [5, 5.41) is 6.26. The third-order valence-corrected chi connectivity index (χ3v) is 4.11. The van der Waals surface area contributed by atoms with E-state index in [2.05, 4.69) is 15.1 Å². The average Bonchev–Trinajstić information content (AvgIpc) is 2.77. The van der Waals surface area contributed by atoms with Gasteiger partial charge in [-0.1, -0.05) is 6.07 Å². The monoisotopic (exact) mass is 309 g/mol. The number of carbonyl (C=O) groups is 1. The molecule has 1 amide bonds. The number of carbonyl (C=O) groups excluding carboxylic acids is 1. The summed E-state index contributed by atoms with van der Waals surface area (Å²) >= 11 is 0. The summed E-state index contributed by atoms with van der Waals surface area (Å²) in [5.74, 6) is -0.399. The van der Waals surface area contributed by atoms with Crippen LogP contribution >= 0.6 is 0 Å². The number of hydrogen-bond donors (Lipinski definition) is 3. The van der Waals surface area contributed by atoms with Gasteiger partial charge in [0, 0.05) is 31.5 Å². The number of hydrogen-bond acceptors (Lipinski definition) is 5. The molecule has 0 unspecified atom stereocenters. The Morgan fingerprint density at radius 3 is 2.67 bits per heavy atom. The van der Waals surface area contributed by atoms with E-state index >= 15 is 0 Å². The number of rotatable bonds is 4. The number of sulfonamides is 1. The van der Waals surface area contributed by atoms with Crippen molar-refractivity contribution in [1.82, 2.24) is 15.1 Å². The molecule has 1 aromatic carbocycles. The summed E-state index contributed by atoms with van der Waals surface area (Å²) in [4.78, 5) is 11.4. The highest BCUT2D eigenvalue weighted by Crippen LogP contribution is 2.20. The van der Waals surface area contributed by atoms with Gasteiger partial charge in [-0.15, -0.1) is 0 Å². The first-order valence-corrected chi connectivity index (χ1v) is 7.46. The van der Waals surface area contributed by atoms with Crippen molar-refractivity contribution in [2.75, 3.05) is 17.5 Å². The molecule has 0 aliphatic rings. The number of nitrogens with two attached hydrogens (primary N) is 1. The minimum absolute atomic E-state index is 0.0903. The third-order valence-electron chi connectivity index (χ3n) is 2.72. The van der Waals surface area contributed by atoms with Crippen LogP contribution in [0.15, 0.2) is 35.4 Å². The van der Waals surface area contributed by atoms with E-state index in [-0.39, 0.29) is 22.3 Å². The van der Waals surface area contributed by atoms with Gasteiger partial charge < -0.3 is 11.1 Å². The lowest BCUT2D eigenvalue weighted by atomic mass is 10.2. The summed E-state index contributed by atoms with van der Waals surface area (Å²) in [6.45, 7) is 0. The first-order valence-electron chi connectivity index (χ1n) is 5.97. The SMILES string of the molecule is CNC(=O)c1cccc(NS(=O)(=O)c2cn(C)nc2N)c1. The van der Waals surface area contributed by atoms with Gasteiger partial charge in [0.2, 0.25) is 0 Å². The third kappa shape index (κ3) is 3.14. The number of nitrogens with zero attached hydrogens (tertiary/aromatic N) is 2. The van der Waals surface area contributed by atoms with Crippen molar-refractivity contribution < 1.29 is 13.2 Å². The molecule has 1 heterocycles. The number of anilines is 2. The zero-order valence-electron chi connectivity index (χ0n) is 11.5. The van der Waals surface area contributed by atoms with Crippen LogP contribution in [0.4, 0.5) is 11.5 Å². The zero-order chi connectivity index (χ0) is 15.6. The minimum Gasteiger partial charge on any atom is -0.381 e. The molecule has 0 saturated carbocycles. The highest BCUT2D eigenvalue weighted by atomic mass is 32.2. The molecule has 0 aliphatic heterocycles. The highest BCUT2D eigenvalue weighted by molar-refractivity contribution is 7.92. The Bertz CT molecular complexity index is 782. The Balaban J connectivity index is 2.33. The lowest BCUT2D eigenvalue weighted by molar-refractivity contribution is 0.0963. The smallest absolute Gasteiger partial charge is 0.267 e. The van der Waals surface area contributed by atoms with Crippen LogP contribution in [0.3, 0.4) is 0 Å². The molecular formula is C12H15N5O3S. The number of benzene rings is 1. The molecule has 0 spiro atoms. The van der Waals surface area contributed by atoms with Gasteiger partial charge in [0.15, 0.2) is 5.82 Å². The molecular weight excluding hydrogens is 294 g/mol. The van der Waals surface area contributed by atoms with Crippen molar-refractivity contribution >= 4 is 27.4 Å². The molecule has 8 nitrogen and oxygen atoms in total. The molecule has 4 N–H and O–H groups in total. The van der Waals surface area contributed by atoms with Crippen LogP contribution in [0.1, 0.15) is 10.4 Å². The van der Waals surface area contributed by atoms with E-state index in [0.717, 1.165) is 0 Å². The van der Waals surface area contributed by atoms with Crippen molar-refractivity contribution in [2.24, 2.45) is 7.05 Å². The standard InChI is InChI=1S/C12H15N5O3S/c1-14-12(18)8-4-3-5-9(6-8)16-21(19,20)10-7-17(2)15-11(10)13/h3-7,16H,1-2H3,(H2,13,15)(H,14,18). The van der Waals surface area contributed by atoms with E-state index in [1.165, 1.54) is 30.1 Å². The summed E-state index contributed by atoms with van der Waals surface area (Å²) in [5.41, 5.74) is 6.17. The first-order chi connectivity index (χ1) is 9.83. The normalized spacial score (nSPS) is 11.1. The van der Waals surface area contributed by atoms with Gasteiger partial charge in [0.1, 0.15) is 4.90 Å². The van der Waals surface area contributed by atoms with Gasteiger partial charge >= 0.3 is 0 Å². The van der Waals surface area contributed by atoms with Gasteiger partial charge in [0.05, 0.1) is 0 Å². The molecule has 2 aromatic rings. The van der Waals surface area contributed by atoms with Crippen LogP contribution in [-0.2, 0) is 17.1 Å². The van der Waals surface area contributed by atoms with Crippen molar-refractivity contribution in [3.05, 3.63) is 36.0 Å². The second-order valence-electron chi connectivity index (χ2n) is 4.32. The maximum absolute atomic E-state index is 12.2. The van der Waals surface area contributed by atoms with Crippen LogP contribution < -0.4 is 15.8 Å². The molecule has 21 heavy (non-hydrogen) atoms. The van der Waals surface area contributed by atoms with Crippen LogP contribution in [0.25, 0.3) is 0 Å². The number of aromatic nitrogens is 2. The van der Waals surface area contributed by atoms with Crippen molar-refractivity contribution in [1.29, 1.82) is 0 Å². The maximum atomic E-state index is 12.2. The van der Waals surface area contributed by atoms with Gasteiger partial charge in [-0.05, 0) is 18.2 Å². The molecule has 0 atom stereocenters. The molecule has 9 heteroatoms. The Morgan fingerprint density at radius 2 is 2.10 bits per heavy atom. The van der Waals surface area contributed by atoms with Crippen LogP contribution in [-0.4, -0.2) is 31.2 Å². The van der Waals surface area contributed by atoms with Crippen molar-refractivity contribution in [3.63, 3.8) is 0 Å². The van der Waals surface area contributed by atoms with Gasteiger partial charge in [-0.2, -0.15) is 5.10 Å². The molecule has 0 saturated heterocycles. The van der Waals surface area contributed by atoms with E-state index in [9.17, 15) is 13.2 Å². The lowest BCUT2D eigenvalue weighted by Gasteiger charge is -2.08. The van der Waals surface area contributed by atoms with Gasteiger partial charge in [0.25, 0.3) is 15.9 Å². The summed E-state index contributed by atoms with van der Waals surface area (Å²) < 4.78 is 28.2. The number of nitrogens with one attached hydrogen (secondary N) is 2. The van der Waals surface area contributed by atoms with E-state index < -0.39 is 10.0 Å². The molecule has 0 fully saturated rings. The summed E-state index contributed by atoms with van der Waals surface area (Å²) in [6.07, 6.45) is 1.31. The lowest BCUT2D eigenvalue weighted by Crippen LogP contribution is -2.18. The quantitative estimate of drug-likeness (QED) is 0.743. The Hall–Kier alpha value is -2.55. The Kier molecular flexibility index (Phi) is 3.85. The van der Waals surface area contributed by atoms with E-state index in [1.54, 1.807) is 19.2 Å². The molecule has 0 radical (unpaired) electrons. The minimum atomic E-state index is -3.86. The van der Waals surface area contributed by atoms with Crippen molar-refractivity contribution in [3.8, 4) is 0 Å². The molecule has 0 aliphatic carbocycles. The summed E-state index contributed by atoms with van der Waals surface area (Å²) in [6, 6.07) is 6.13. The van der Waals surface area contributed by atoms with E-state index in [1.807, 2.05) is 0 Å². The van der Waals surface area contributed by atoms with Gasteiger partial charge in [-0.25, -0.2) is 8.42 Å². The zero-order valence-corrected chi connectivity index (χ0v) is 12.3. The van der Waals surface area contributed by atoms with E-state index in [4.69, 9.17) is 5.73 Å². The van der Waals surface area contributed by atoms with Crippen LogP contribution in [0.5, 0.6) is 0 Å². The Morgan fingerprint density at radius 1 is 1.38 bits per heavy atom. The maximum Gasteiger partial charge on any atom is 0.267 e. The summed E-state index contributed by atoms with van der Waals surface area (Å²) in [7, 11) is -0.796. The topological polar surface area (TPSA) is 119 Å². The molecule has 2 rings (SSSR count). The molecule has 1 aromatic heterocycles. The fourth-order valence-corrected chi connectivity index (χ4v) is 2.92. The molecule has 0 bridgehead atoms. The number of nitrogen functional groups attached to an aromatic ring is 1.